The Bertz CT molecular complexity index is 1290. The Labute approximate surface area is 201 Å². The Hall–Kier alpha value is -2.97. The second-order valence-electron chi connectivity index (χ2n) is 9.07. The molecule has 0 aliphatic carbocycles. The molecule has 0 bridgehead atoms. The average Bonchev–Trinajstić information content (AvgIpc) is 3.20. The minimum absolute atomic E-state index is 0.143. The van der Waals surface area contributed by atoms with Crippen LogP contribution in [0.15, 0.2) is 48.5 Å². The molecular weight excluding hydrogens is 448 g/mol. The SMILES string of the molecule is CCOc1ccc(-c2cc(Nc3cccc4c3CCN([C@H]3CCS(=O)(=O)C3)C4)ccc2C)nn1. The Balaban J connectivity index is 1.36. The van der Waals surface area contributed by atoms with Crippen LogP contribution in [0, 0.1) is 6.92 Å². The number of aromatic nitrogens is 2. The molecule has 7 nitrogen and oxygen atoms in total. The van der Waals surface area contributed by atoms with Gasteiger partial charge < -0.3 is 10.1 Å². The number of fused-ring (bicyclic) bond motifs is 1. The van der Waals surface area contributed by atoms with Gasteiger partial charge in [-0.3, -0.25) is 4.90 Å². The van der Waals surface area contributed by atoms with Crippen molar-refractivity contribution in [2.24, 2.45) is 0 Å². The van der Waals surface area contributed by atoms with Gasteiger partial charge >= 0.3 is 0 Å². The van der Waals surface area contributed by atoms with Gasteiger partial charge in [0.05, 0.1) is 23.8 Å². The van der Waals surface area contributed by atoms with Crippen molar-refractivity contribution in [1.29, 1.82) is 0 Å². The van der Waals surface area contributed by atoms with Crippen molar-refractivity contribution in [3.63, 3.8) is 0 Å². The van der Waals surface area contributed by atoms with Gasteiger partial charge in [-0.25, -0.2) is 8.42 Å². The van der Waals surface area contributed by atoms with E-state index in [2.05, 4.69) is 63.7 Å². The molecule has 8 heteroatoms. The van der Waals surface area contributed by atoms with E-state index < -0.39 is 9.84 Å². The number of anilines is 2. The largest absolute Gasteiger partial charge is 0.477 e. The van der Waals surface area contributed by atoms with E-state index in [1.165, 1.54) is 11.1 Å². The summed E-state index contributed by atoms with van der Waals surface area (Å²) in [5, 5.41) is 12.1. The van der Waals surface area contributed by atoms with Gasteiger partial charge in [0.2, 0.25) is 5.88 Å². The summed E-state index contributed by atoms with van der Waals surface area (Å²) in [5.41, 5.74) is 7.63. The lowest BCUT2D eigenvalue weighted by molar-refractivity contribution is 0.194. The van der Waals surface area contributed by atoms with Crippen LogP contribution < -0.4 is 10.1 Å². The van der Waals surface area contributed by atoms with E-state index in [0.29, 0.717) is 24.0 Å². The molecule has 1 fully saturated rings. The molecule has 0 spiro atoms. The number of hydrogen-bond donors (Lipinski definition) is 1. The lowest BCUT2D eigenvalue weighted by Crippen LogP contribution is -2.40. The molecule has 1 N–H and O–H groups in total. The molecular formula is C26H30N4O3S. The van der Waals surface area contributed by atoms with E-state index in [1.807, 2.05) is 19.1 Å². The molecule has 1 saturated heterocycles. The fourth-order valence-electron chi connectivity index (χ4n) is 4.94. The Kier molecular flexibility index (Phi) is 6.27. The summed E-state index contributed by atoms with van der Waals surface area (Å²) in [7, 11) is -2.88. The number of hydrogen-bond acceptors (Lipinski definition) is 7. The molecule has 3 heterocycles. The van der Waals surface area contributed by atoms with E-state index in [9.17, 15) is 8.42 Å². The zero-order chi connectivity index (χ0) is 23.7. The van der Waals surface area contributed by atoms with Gasteiger partial charge in [-0.1, -0.05) is 18.2 Å². The second-order valence-corrected chi connectivity index (χ2v) is 11.3. The monoisotopic (exact) mass is 478 g/mol. The van der Waals surface area contributed by atoms with E-state index >= 15 is 0 Å². The van der Waals surface area contributed by atoms with Gasteiger partial charge in [0.15, 0.2) is 9.84 Å². The first-order valence-corrected chi connectivity index (χ1v) is 13.6. The van der Waals surface area contributed by atoms with Gasteiger partial charge in [0.1, 0.15) is 0 Å². The number of nitrogens with one attached hydrogen (secondary N) is 1. The molecule has 34 heavy (non-hydrogen) atoms. The number of benzene rings is 2. The molecule has 2 aromatic carbocycles. The van der Waals surface area contributed by atoms with Crippen molar-refractivity contribution in [3.05, 3.63) is 65.2 Å². The fraction of sp³-hybridized carbons (Fsp3) is 0.385. The van der Waals surface area contributed by atoms with Crippen LogP contribution in [0.5, 0.6) is 5.88 Å². The Morgan fingerprint density at radius 2 is 2.03 bits per heavy atom. The molecule has 178 valence electrons. The first kappa shape index (κ1) is 22.8. The Morgan fingerprint density at radius 1 is 1.15 bits per heavy atom. The predicted octanol–water partition coefficient (Wildman–Crippen LogP) is 4.14. The van der Waals surface area contributed by atoms with E-state index in [0.717, 1.165) is 54.1 Å². The van der Waals surface area contributed by atoms with Crippen molar-refractivity contribution >= 4 is 21.2 Å². The van der Waals surface area contributed by atoms with E-state index in [1.54, 1.807) is 0 Å². The van der Waals surface area contributed by atoms with Crippen LogP contribution in [-0.2, 0) is 22.8 Å². The summed E-state index contributed by atoms with van der Waals surface area (Å²) >= 11 is 0. The van der Waals surface area contributed by atoms with Gasteiger partial charge in [0, 0.05) is 42.1 Å². The molecule has 0 unspecified atom stereocenters. The molecule has 0 saturated carbocycles. The van der Waals surface area contributed by atoms with Gasteiger partial charge in [-0.05, 0) is 67.6 Å². The van der Waals surface area contributed by atoms with Gasteiger partial charge in [0.25, 0.3) is 0 Å². The highest BCUT2D eigenvalue weighted by Crippen LogP contribution is 2.33. The highest BCUT2D eigenvalue weighted by atomic mass is 32.2. The number of nitrogens with zero attached hydrogens (tertiary/aromatic N) is 3. The van der Waals surface area contributed by atoms with Crippen molar-refractivity contribution in [2.75, 3.05) is 30.0 Å². The maximum absolute atomic E-state index is 11.9. The summed E-state index contributed by atoms with van der Waals surface area (Å²) in [4.78, 5) is 2.34. The predicted molar refractivity (Wildman–Crippen MR) is 134 cm³/mol. The summed E-state index contributed by atoms with van der Waals surface area (Å²) < 4.78 is 29.3. The van der Waals surface area contributed by atoms with Crippen LogP contribution in [0.25, 0.3) is 11.3 Å². The van der Waals surface area contributed by atoms with Crippen molar-refractivity contribution in [3.8, 4) is 17.1 Å². The highest BCUT2D eigenvalue weighted by molar-refractivity contribution is 7.91. The molecule has 1 aromatic heterocycles. The van der Waals surface area contributed by atoms with Crippen LogP contribution >= 0.6 is 0 Å². The van der Waals surface area contributed by atoms with E-state index in [-0.39, 0.29) is 6.04 Å². The maximum Gasteiger partial charge on any atom is 0.233 e. The quantitative estimate of drug-likeness (QED) is 0.570. The third kappa shape index (κ3) is 4.79. The second kappa shape index (κ2) is 9.35. The van der Waals surface area contributed by atoms with Crippen LogP contribution in [0.2, 0.25) is 0 Å². The van der Waals surface area contributed by atoms with Crippen LogP contribution in [0.3, 0.4) is 0 Å². The summed E-state index contributed by atoms with van der Waals surface area (Å²) in [6, 6.07) is 16.6. The zero-order valence-electron chi connectivity index (χ0n) is 19.6. The number of rotatable bonds is 6. The molecule has 2 aliphatic heterocycles. The minimum Gasteiger partial charge on any atom is -0.477 e. The Morgan fingerprint density at radius 3 is 2.76 bits per heavy atom. The third-order valence-corrected chi connectivity index (χ3v) is 8.50. The topological polar surface area (TPSA) is 84.4 Å². The maximum atomic E-state index is 11.9. The standard InChI is InChI=1S/C26H30N4O3S/c1-3-33-26-10-9-25(28-29-26)23-15-20(8-7-18(23)2)27-24-6-4-5-19-16-30(13-11-22(19)24)21-12-14-34(31,32)17-21/h4-10,15,21,27H,3,11-14,16-17H2,1-2H3/t21-/m0/s1. The zero-order valence-corrected chi connectivity index (χ0v) is 20.4. The average molecular weight is 479 g/mol. The van der Waals surface area contributed by atoms with Crippen molar-refractivity contribution in [1.82, 2.24) is 15.1 Å². The van der Waals surface area contributed by atoms with Gasteiger partial charge in [-0.15, -0.1) is 10.2 Å². The summed E-state index contributed by atoms with van der Waals surface area (Å²) in [6.07, 6.45) is 1.65. The van der Waals surface area contributed by atoms with Crippen molar-refractivity contribution in [2.45, 2.75) is 39.3 Å². The molecule has 0 radical (unpaired) electrons. The molecule has 0 amide bonds. The molecule has 2 aliphatic rings. The smallest absolute Gasteiger partial charge is 0.233 e. The van der Waals surface area contributed by atoms with Crippen LogP contribution in [0.1, 0.15) is 30.0 Å². The lowest BCUT2D eigenvalue weighted by Gasteiger charge is -2.34. The normalized spacial score (nSPS) is 19.5. The summed E-state index contributed by atoms with van der Waals surface area (Å²) in [5.74, 6) is 1.14. The van der Waals surface area contributed by atoms with Crippen LogP contribution in [-0.4, -0.2) is 54.2 Å². The first-order valence-electron chi connectivity index (χ1n) is 11.8. The van der Waals surface area contributed by atoms with Crippen LogP contribution in [0.4, 0.5) is 11.4 Å². The fourth-order valence-corrected chi connectivity index (χ4v) is 6.70. The van der Waals surface area contributed by atoms with Crippen molar-refractivity contribution < 1.29 is 13.2 Å². The lowest BCUT2D eigenvalue weighted by atomic mass is 9.96. The number of ether oxygens (including phenoxy) is 1. The summed E-state index contributed by atoms with van der Waals surface area (Å²) in [6.45, 7) is 6.23. The highest BCUT2D eigenvalue weighted by Gasteiger charge is 2.34. The van der Waals surface area contributed by atoms with Gasteiger partial charge in [-0.2, -0.15) is 0 Å². The molecule has 3 aromatic rings. The van der Waals surface area contributed by atoms with E-state index in [4.69, 9.17) is 4.74 Å². The number of sulfone groups is 1. The first-order chi connectivity index (χ1) is 16.4. The number of aryl methyl sites for hydroxylation is 1. The molecule has 5 rings (SSSR count). The minimum atomic E-state index is -2.88. The molecule has 1 atom stereocenters. The third-order valence-electron chi connectivity index (χ3n) is 6.75.